The Bertz CT molecular complexity index is 336. The summed E-state index contributed by atoms with van der Waals surface area (Å²) in [5.74, 6) is 0.811. The van der Waals surface area contributed by atoms with Crippen LogP contribution in [0.15, 0.2) is 0 Å². The molecule has 2 aliphatic rings. The monoisotopic (exact) mass is 284 g/mol. The van der Waals surface area contributed by atoms with Crippen molar-refractivity contribution in [2.24, 2.45) is 17.1 Å². The molecule has 4 nitrogen and oxygen atoms in total. The van der Waals surface area contributed by atoms with Gasteiger partial charge in [0.15, 0.2) is 0 Å². The van der Waals surface area contributed by atoms with Crippen molar-refractivity contribution >= 4 is 23.1 Å². The summed E-state index contributed by atoms with van der Waals surface area (Å²) >= 11 is 5.09. The lowest BCUT2D eigenvalue weighted by atomic mass is 9.85. The van der Waals surface area contributed by atoms with Crippen LogP contribution in [0.4, 0.5) is 0 Å². The van der Waals surface area contributed by atoms with Crippen molar-refractivity contribution in [3.05, 3.63) is 0 Å². The van der Waals surface area contributed by atoms with Crippen molar-refractivity contribution < 1.29 is 9.53 Å². The lowest BCUT2D eigenvalue weighted by Crippen LogP contribution is -2.47. The molecule has 5 heteroatoms. The van der Waals surface area contributed by atoms with Crippen LogP contribution in [0, 0.1) is 11.3 Å². The van der Waals surface area contributed by atoms with E-state index >= 15 is 0 Å². The maximum Gasteiger partial charge on any atom is 0.233 e. The van der Waals surface area contributed by atoms with E-state index in [0.717, 1.165) is 51.2 Å². The van der Waals surface area contributed by atoms with Gasteiger partial charge in [-0.05, 0) is 38.0 Å². The molecule has 19 heavy (non-hydrogen) atoms. The normalized spacial score (nSPS) is 21.3. The molecule has 0 aromatic carbocycles. The molecule has 3 N–H and O–H groups in total. The van der Waals surface area contributed by atoms with Gasteiger partial charge in [-0.1, -0.05) is 25.1 Å². The highest BCUT2D eigenvalue weighted by molar-refractivity contribution is 7.80. The van der Waals surface area contributed by atoms with Crippen molar-refractivity contribution in [2.45, 2.75) is 44.9 Å². The molecule has 0 aliphatic heterocycles. The minimum atomic E-state index is -0.579. The van der Waals surface area contributed by atoms with E-state index in [-0.39, 0.29) is 5.91 Å². The molecule has 0 aromatic rings. The third kappa shape index (κ3) is 3.89. The molecule has 0 unspecified atom stereocenters. The van der Waals surface area contributed by atoms with Gasteiger partial charge in [-0.2, -0.15) is 0 Å². The van der Waals surface area contributed by atoms with Crippen LogP contribution in [0.2, 0.25) is 0 Å². The first kappa shape index (κ1) is 14.7. The lowest BCUT2D eigenvalue weighted by molar-refractivity contribution is -0.127. The summed E-state index contributed by atoms with van der Waals surface area (Å²) in [4.78, 5) is 12.6. The summed E-state index contributed by atoms with van der Waals surface area (Å²) in [6.07, 6.45) is 7.15. The largest absolute Gasteiger partial charge is 0.392 e. The van der Waals surface area contributed by atoms with Gasteiger partial charge in [0.25, 0.3) is 0 Å². The first-order chi connectivity index (χ1) is 9.15. The van der Waals surface area contributed by atoms with Crippen molar-refractivity contribution in [3.8, 4) is 0 Å². The van der Waals surface area contributed by atoms with Crippen LogP contribution in [-0.4, -0.2) is 30.7 Å². The van der Waals surface area contributed by atoms with Gasteiger partial charge in [0, 0.05) is 19.8 Å². The summed E-state index contributed by atoms with van der Waals surface area (Å²) in [6.45, 7) is 2.25. The lowest BCUT2D eigenvalue weighted by Gasteiger charge is -2.26. The Hall–Kier alpha value is -0.680. The molecule has 0 radical (unpaired) electrons. The number of amides is 1. The van der Waals surface area contributed by atoms with E-state index in [1.54, 1.807) is 0 Å². The Balaban J connectivity index is 1.63. The van der Waals surface area contributed by atoms with Crippen LogP contribution < -0.4 is 11.1 Å². The number of rotatable bonds is 8. The van der Waals surface area contributed by atoms with Crippen molar-refractivity contribution in [1.29, 1.82) is 0 Å². The number of nitrogens with one attached hydrogen (secondary N) is 1. The SMILES string of the molecule is NC(=S)C1(C(=O)NCCCOCC2CC2)CCCC1. The number of thiocarbonyl (C=S) groups is 1. The van der Waals surface area contributed by atoms with Crippen LogP contribution in [0.1, 0.15) is 44.9 Å². The van der Waals surface area contributed by atoms with E-state index in [0.29, 0.717) is 11.5 Å². The van der Waals surface area contributed by atoms with Gasteiger partial charge in [-0.3, -0.25) is 4.79 Å². The fourth-order valence-corrected chi connectivity index (χ4v) is 2.94. The number of hydrogen-bond acceptors (Lipinski definition) is 3. The standard InChI is InChI=1S/C14H24N2O2S/c15-12(19)14(6-1-2-7-14)13(17)16-8-3-9-18-10-11-4-5-11/h11H,1-10H2,(H2,15,19)(H,16,17). The van der Waals surface area contributed by atoms with E-state index in [1.165, 1.54) is 12.8 Å². The number of hydrogen-bond donors (Lipinski definition) is 2. The molecule has 0 spiro atoms. The van der Waals surface area contributed by atoms with E-state index in [4.69, 9.17) is 22.7 Å². The fourth-order valence-electron chi connectivity index (χ4n) is 2.64. The van der Waals surface area contributed by atoms with E-state index in [9.17, 15) is 4.79 Å². The minimum Gasteiger partial charge on any atom is -0.392 e. The number of carbonyl (C=O) groups is 1. The maximum atomic E-state index is 12.2. The van der Waals surface area contributed by atoms with Gasteiger partial charge >= 0.3 is 0 Å². The topological polar surface area (TPSA) is 64.4 Å². The average Bonchev–Trinajstić information content (AvgIpc) is 3.06. The zero-order valence-corrected chi connectivity index (χ0v) is 12.3. The van der Waals surface area contributed by atoms with Crippen molar-refractivity contribution in [2.75, 3.05) is 19.8 Å². The third-order valence-corrected chi connectivity index (χ3v) is 4.56. The van der Waals surface area contributed by atoms with Crippen LogP contribution in [0.3, 0.4) is 0 Å². The first-order valence-corrected chi connectivity index (χ1v) is 7.72. The highest BCUT2D eigenvalue weighted by Gasteiger charge is 2.43. The summed E-state index contributed by atoms with van der Waals surface area (Å²) in [5.41, 5.74) is 5.19. The molecule has 0 atom stereocenters. The summed E-state index contributed by atoms with van der Waals surface area (Å²) in [7, 11) is 0. The number of carbonyl (C=O) groups excluding carboxylic acids is 1. The summed E-state index contributed by atoms with van der Waals surface area (Å²) in [6, 6.07) is 0. The van der Waals surface area contributed by atoms with Crippen LogP contribution >= 0.6 is 12.2 Å². The van der Waals surface area contributed by atoms with Crippen LogP contribution in [-0.2, 0) is 9.53 Å². The van der Waals surface area contributed by atoms with Crippen molar-refractivity contribution in [1.82, 2.24) is 5.32 Å². The Morgan fingerprint density at radius 2 is 2.05 bits per heavy atom. The van der Waals surface area contributed by atoms with E-state index in [1.807, 2.05) is 0 Å². The highest BCUT2D eigenvalue weighted by Crippen LogP contribution is 2.38. The molecule has 1 amide bonds. The Morgan fingerprint density at radius 3 is 2.63 bits per heavy atom. The summed E-state index contributed by atoms with van der Waals surface area (Å²) < 4.78 is 5.54. The molecule has 108 valence electrons. The third-order valence-electron chi connectivity index (χ3n) is 4.16. The maximum absolute atomic E-state index is 12.2. The van der Waals surface area contributed by atoms with Gasteiger partial charge < -0.3 is 15.8 Å². The second-order valence-corrected chi connectivity index (χ2v) is 6.22. The first-order valence-electron chi connectivity index (χ1n) is 7.31. The number of nitrogens with two attached hydrogens (primary N) is 1. The molecular weight excluding hydrogens is 260 g/mol. The molecule has 0 aromatic heterocycles. The molecule has 0 saturated heterocycles. The average molecular weight is 284 g/mol. The van der Waals surface area contributed by atoms with Crippen molar-refractivity contribution in [3.63, 3.8) is 0 Å². The number of ether oxygens (including phenoxy) is 1. The van der Waals surface area contributed by atoms with E-state index in [2.05, 4.69) is 5.32 Å². The Morgan fingerprint density at radius 1 is 1.37 bits per heavy atom. The fraction of sp³-hybridized carbons (Fsp3) is 0.857. The van der Waals surface area contributed by atoms with Gasteiger partial charge in [0.1, 0.15) is 0 Å². The Kier molecular flexibility index (Phi) is 5.16. The van der Waals surface area contributed by atoms with E-state index < -0.39 is 5.41 Å². The molecule has 0 heterocycles. The summed E-state index contributed by atoms with van der Waals surface area (Å²) in [5, 5.41) is 2.96. The molecule has 2 saturated carbocycles. The quantitative estimate of drug-likeness (QED) is 0.526. The molecule has 2 fully saturated rings. The van der Waals surface area contributed by atoms with Gasteiger partial charge in [-0.25, -0.2) is 0 Å². The predicted octanol–water partition coefficient (Wildman–Crippen LogP) is 1.77. The second kappa shape index (κ2) is 6.66. The van der Waals surface area contributed by atoms with Crippen LogP contribution in [0.25, 0.3) is 0 Å². The smallest absolute Gasteiger partial charge is 0.233 e. The highest BCUT2D eigenvalue weighted by atomic mass is 32.1. The van der Waals surface area contributed by atoms with Gasteiger partial charge in [-0.15, -0.1) is 0 Å². The minimum absolute atomic E-state index is 0.0136. The Labute approximate surface area is 120 Å². The van der Waals surface area contributed by atoms with Gasteiger partial charge in [0.05, 0.1) is 10.4 Å². The molecule has 2 aliphatic carbocycles. The molecular formula is C14H24N2O2S. The van der Waals surface area contributed by atoms with Gasteiger partial charge in [0.2, 0.25) is 5.91 Å². The van der Waals surface area contributed by atoms with Crippen LogP contribution in [0.5, 0.6) is 0 Å². The molecule has 2 rings (SSSR count). The molecule has 0 bridgehead atoms. The predicted molar refractivity (Wildman–Crippen MR) is 78.9 cm³/mol. The second-order valence-electron chi connectivity index (χ2n) is 5.78. The zero-order valence-electron chi connectivity index (χ0n) is 11.5. The zero-order chi connectivity index (χ0) is 13.7.